The quantitative estimate of drug-likeness (QED) is 0.907. The van der Waals surface area contributed by atoms with Crippen LogP contribution in [0.1, 0.15) is 22.8 Å². The van der Waals surface area contributed by atoms with Crippen LogP contribution in [0.25, 0.3) is 0 Å². The molecule has 0 atom stereocenters. The molecule has 19 heavy (non-hydrogen) atoms. The third kappa shape index (κ3) is 3.58. The normalized spacial score (nSPS) is 10.0. The molecular weight excluding hydrogens is 238 g/mol. The predicted octanol–water partition coefficient (Wildman–Crippen LogP) is 3.54. The standard InChI is InChI=1S/C16H17NO2/c1-3-17-16(18)13-5-4-6-15(11-13)19-14-9-7-12(2)8-10-14/h4-11H,3H2,1-2H3,(H,17,18). The summed E-state index contributed by atoms with van der Waals surface area (Å²) in [5.74, 6) is 1.34. The van der Waals surface area contributed by atoms with Crippen LogP contribution in [0, 0.1) is 6.92 Å². The molecule has 1 amide bonds. The molecule has 2 aromatic rings. The maximum absolute atomic E-state index is 11.7. The highest BCUT2D eigenvalue weighted by Gasteiger charge is 2.05. The van der Waals surface area contributed by atoms with E-state index in [1.807, 2.05) is 50.2 Å². The van der Waals surface area contributed by atoms with Crippen molar-refractivity contribution in [2.24, 2.45) is 0 Å². The van der Waals surface area contributed by atoms with Crippen molar-refractivity contribution in [2.45, 2.75) is 13.8 Å². The molecule has 0 aliphatic rings. The van der Waals surface area contributed by atoms with Gasteiger partial charge in [0.1, 0.15) is 11.5 Å². The van der Waals surface area contributed by atoms with Crippen molar-refractivity contribution in [2.75, 3.05) is 6.54 Å². The number of rotatable bonds is 4. The Kier molecular flexibility index (Phi) is 4.18. The first-order valence-corrected chi connectivity index (χ1v) is 6.32. The van der Waals surface area contributed by atoms with E-state index in [1.54, 1.807) is 12.1 Å². The zero-order valence-corrected chi connectivity index (χ0v) is 11.1. The minimum atomic E-state index is -0.0862. The number of amides is 1. The Morgan fingerprint density at radius 3 is 2.53 bits per heavy atom. The maximum atomic E-state index is 11.7. The summed E-state index contributed by atoms with van der Waals surface area (Å²) in [6, 6.07) is 15.0. The largest absolute Gasteiger partial charge is 0.457 e. The molecule has 2 rings (SSSR count). The van der Waals surface area contributed by atoms with Gasteiger partial charge in [0.05, 0.1) is 0 Å². The van der Waals surface area contributed by atoms with Crippen LogP contribution >= 0.6 is 0 Å². The summed E-state index contributed by atoms with van der Waals surface area (Å²) in [4.78, 5) is 11.7. The molecule has 0 aromatic heterocycles. The number of nitrogens with one attached hydrogen (secondary N) is 1. The molecule has 2 aromatic carbocycles. The Balaban J connectivity index is 2.15. The van der Waals surface area contributed by atoms with Crippen molar-refractivity contribution in [1.82, 2.24) is 5.32 Å². The van der Waals surface area contributed by atoms with E-state index < -0.39 is 0 Å². The van der Waals surface area contributed by atoms with E-state index in [0.29, 0.717) is 17.9 Å². The molecule has 98 valence electrons. The summed E-state index contributed by atoms with van der Waals surface area (Å²) in [5.41, 5.74) is 1.79. The van der Waals surface area contributed by atoms with Gasteiger partial charge in [0.2, 0.25) is 0 Å². The summed E-state index contributed by atoms with van der Waals surface area (Å²) >= 11 is 0. The van der Waals surface area contributed by atoms with E-state index in [1.165, 1.54) is 5.56 Å². The molecule has 0 heterocycles. The molecular formula is C16H17NO2. The molecule has 3 nitrogen and oxygen atoms in total. The third-order valence-corrected chi connectivity index (χ3v) is 2.69. The van der Waals surface area contributed by atoms with Gasteiger partial charge in [-0.05, 0) is 44.2 Å². The van der Waals surface area contributed by atoms with Crippen molar-refractivity contribution in [1.29, 1.82) is 0 Å². The average molecular weight is 255 g/mol. The zero-order chi connectivity index (χ0) is 13.7. The number of benzene rings is 2. The molecule has 0 spiro atoms. The van der Waals surface area contributed by atoms with Crippen LogP contribution in [-0.2, 0) is 0 Å². The van der Waals surface area contributed by atoms with Crippen LogP contribution in [0.4, 0.5) is 0 Å². The number of hydrogen-bond donors (Lipinski definition) is 1. The highest BCUT2D eigenvalue weighted by Crippen LogP contribution is 2.22. The van der Waals surface area contributed by atoms with E-state index >= 15 is 0 Å². The van der Waals surface area contributed by atoms with E-state index in [-0.39, 0.29) is 5.91 Å². The highest BCUT2D eigenvalue weighted by atomic mass is 16.5. The summed E-state index contributed by atoms with van der Waals surface area (Å²) in [5, 5.41) is 2.77. The van der Waals surface area contributed by atoms with Gasteiger partial charge < -0.3 is 10.1 Å². The molecule has 3 heteroatoms. The number of carbonyl (C=O) groups excluding carboxylic acids is 1. The van der Waals surface area contributed by atoms with Gasteiger partial charge in [-0.1, -0.05) is 23.8 Å². The molecule has 0 saturated carbocycles. The molecule has 0 aliphatic carbocycles. The second kappa shape index (κ2) is 6.05. The zero-order valence-electron chi connectivity index (χ0n) is 11.1. The summed E-state index contributed by atoms with van der Waals surface area (Å²) in [6.45, 7) is 4.53. The van der Waals surface area contributed by atoms with E-state index in [4.69, 9.17) is 4.74 Å². The lowest BCUT2D eigenvalue weighted by Gasteiger charge is -2.08. The van der Waals surface area contributed by atoms with Crippen LogP contribution in [-0.4, -0.2) is 12.5 Å². The minimum absolute atomic E-state index is 0.0862. The van der Waals surface area contributed by atoms with Crippen LogP contribution in [0.15, 0.2) is 48.5 Å². The highest BCUT2D eigenvalue weighted by molar-refractivity contribution is 5.94. The van der Waals surface area contributed by atoms with Crippen molar-refractivity contribution in [3.8, 4) is 11.5 Å². The lowest BCUT2D eigenvalue weighted by atomic mass is 10.2. The monoisotopic (exact) mass is 255 g/mol. The van der Waals surface area contributed by atoms with Crippen molar-refractivity contribution in [3.05, 3.63) is 59.7 Å². The van der Waals surface area contributed by atoms with Gasteiger partial charge in [-0.25, -0.2) is 0 Å². The van der Waals surface area contributed by atoms with E-state index in [2.05, 4.69) is 5.32 Å². The number of aryl methyl sites for hydroxylation is 1. The van der Waals surface area contributed by atoms with Crippen LogP contribution in [0.2, 0.25) is 0 Å². The van der Waals surface area contributed by atoms with Crippen LogP contribution in [0.3, 0.4) is 0 Å². The van der Waals surface area contributed by atoms with Gasteiger partial charge in [0.15, 0.2) is 0 Å². The van der Waals surface area contributed by atoms with Crippen molar-refractivity contribution < 1.29 is 9.53 Å². The Morgan fingerprint density at radius 2 is 1.84 bits per heavy atom. The Hall–Kier alpha value is -2.29. The molecule has 0 unspecified atom stereocenters. The number of ether oxygens (including phenoxy) is 1. The molecule has 0 radical (unpaired) electrons. The van der Waals surface area contributed by atoms with Gasteiger partial charge in [0, 0.05) is 12.1 Å². The first-order chi connectivity index (χ1) is 9.19. The minimum Gasteiger partial charge on any atom is -0.457 e. The maximum Gasteiger partial charge on any atom is 0.251 e. The van der Waals surface area contributed by atoms with E-state index in [9.17, 15) is 4.79 Å². The molecule has 0 fully saturated rings. The lowest BCUT2D eigenvalue weighted by molar-refractivity contribution is 0.0955. The second-order valence-electron chi connectivity index (χ2n) is 4.30. The summed E-state index contributed by atoms with van der Waals surface area (Å²) in [7, 11) is 0. The smallest absolute Gasteiger partial charge is 0.251 e. The molecule has 0 saturated heterocycles. The first-order valence-electron chi connectivity index (χ1n) is 6.32. The van der Waals surface area contributed by atoms with Crippen molar-refractivity contribution >= 4 is 5.91 Å². The topological polar surface area (TPSA) is 38.3 Å². The van der Waals surface area contributed by atoms with Gasteiger partial charge in [-0.15, -0.1) is 0 Å². The van der Waals surface area contributed by atoms with E-state index in [0.717, 1.165) is 5.75 Å². The number of carbonyl (C=O) groups is 1. The van der Waals surface area contributed by atoms with Gasteiger partial charge in [0.25, 0.3) is 5.91 Å². The SMILES string of the molecule is CCNC(=O)c1cccc(Oc2ccc(C)cc2)c1. The van der Waals surface area contributed by atoms with Crippen LogP contribution < -0.4 is 10.1 Å². The van der Waals surface area contributed by atoms with Crippen molar-refractivity contribution in [3.63, 3.8) is 0 Å². The molecule has 0 aliphatic heterocycles. The van der Waals surface area contributed by atoms with Crippen LogP contribution in [0.5, 0.6) is 11.5 Å². The lowest BCUT2D eigenvalue weighted by Crippen LogP contribution is -2.22. The average Bonchev–Trinajstić information content (AvgIpc) is 2.42. The Labute approximate surface area is 113 Å². The van der Waals surface area contributed by atoms with Gasteiger partial charge in [-0.2, -0.15) is 0 Å². The fourth-order valence-corrected chi connectivity index (χ4v) is 1.71. The molecule has 0 bridgehead atoms. The third-order valence-electron chi connectivity index (χ3n) is 2.69. The Bertz CT molecular complexity index is 561. The number of hydrogen-bond acceptors (Lipinski definition) is 2. The summed E-state index contributed by atoms with van der Waals surface area (Å²) in [6.07, 6.45) is 0. The fraction of sp³-hybridized carbons (Fsp3) is 0.188. The predicted molar refractivity (Wildman–Crippen MR) is 75.7 cm³/mol. The fourth-order valence-electron chi connectivity index (χ4n) is 1.71. The molecule has 1 N–H and O–H groups in total. The first kappa shape index (κ1) is 13.1. The Morgan fingerprint density at radius 1 is 1.11 bits per heavy atom. The van der Waals surface area contributed by atoms with Gasteiger partial charge >= 0.3 is 0 Å². The summed E-state index contributed by atoms with van der Waals surface area (Å²) < 4.78 is 5.72. The van der Waals surface area contributed by atoms with Gasteiger partial charge in [-0.3, -0.25) is 4.79 Å². The second-order valence-corrected chi connectivity index (χ2v) is 4.30.